The first-order chi connectivity index (χ1) is 12.1. The maximum absolute atomic E-state index is 12.0. The largest absolute Gasteiger partial charge is 0.338 e. The van der Waals surface area contributed by atoms with E-state index in [0.717, 1.165) is 30.5 Å². The molecule has 0 unspecified atom stereocenters. The highest BCUT2D eigenvalue weighted by Crippen LogP contribution is 2.28. The number of imidazole rings is 1. The van der Waals surface area contributed by atoms with E-state index in [2.05, 4.69) is 15.3 Å². The summed E-state index contributed by atoms with van der Waals surface area (Å²) in [6.45, 7) is 0. The fourth-order valence-electron chi connectivity index (χ4n) is 2.87. The SMILES string of the molecule is O=C(Nc1ccc(-c2nc3ccc([N+](=O)[O-])cc3[nH]2)cc1)C1CCC1. The number of nitrogens with one attached hydrogen (secondary N) is 2. The van der Waals surface area contributed by atoms with Crippen LogP contribution >= 0.6 is 0 Å². The van der Waals surface area contributed by atoms with Gasteiger partial charge in [0.2, 0.25) is 5.91 Å². The molecule has 0 spiro atoms. The fourth-order valence-corrected chi connectivity index (χ4v) is 2.87. The first-order valence-corrected chi connectivity index (χ1v) is 8.15. The predicted molar refractivity (Wildman–Crippen MR) is 94.2 cm³/mol. The molecule has 2 N–H and O–H groups in total. The molecular formula is C18H16N4O3. The van der Waals surface area contributed by atoms with Crippen molar-refractivity contribution >= 4 is 28.3 Å². The lowest BCUT2D eigenvalue weighted by Gasteiger charge is -2.24. The number of amides is 1. The van der Waals surface area contributed by atoms with Gasteiger partial charge in [-0.15, -0.1) is 0 Å². The highest BCUT2D eigenvalue weighted by molar-refractivity contribution is 5.93. The van der Waals surface area contributed by atoms with Crippen LogP contribution in [0.15, 0.2) is 42.5 Å². The van der Waals surface area contributed by atoms with E-state index in [-0.39, 0.29) is 17.5 Å². The number of nitro benzene ring substituents is 1. The molecule has 0 aliphatic heterocycles. The monoisotopic (exact) mass is 336 g/mol. The number of carbonyl (C=O) groups excluding carboxylic acids is 1. The van der Waals surface area contributed by atoms with Crippen molar-refractivity contribution in [3.05, 3.63) is 52.6 Å². The number of nitrogens with zero attached hydrogens (tertiary/aromatic N) is 2. The van der Waals surface area contributed by atoms with E-state index in [1.807, 2.05) is 24.3 Å². The first kappa shape index (κ1) is 15.3. The molecule has 0 radical (unpaired) electrons. The van der Waals surface area contributed by atoms with Gasteiger partial charge in [-0.1, -0.05) is 6.42 Å². The Morgan fingerprint density at radius 2 is 1.96 bits per heavy atom. The van der Waals surface area contributed by atoms with Gasteiger partial charge in [0.25, 0.3) is 5.69 Å². The third-order valence-corrected chi connectivity index (χ3v) is 4.58. The molecule has 0 saturated heterocycles. The van der Waals surface area contributed by atoms with Crippen molar-refractivity contribution in [3.8, 4) is 11.4 Å². The zero-order chi connectivity index (χ0) is 17.4. The van der Waals surface area contributed by atoms with Gasteiger partial charge in [0, 0.05) is 29.3 Å². The number of H-pyrrole nitrogens is 1. The van der Waals surface area contributed by atoms with E-state index >= 15 is 0 Å². The van der Waals surface area contributed by atoms with E-state index in [4.69, 9.17) is 0 Å². The van der Waals surface area contributed by atoms with E-state index < -0.39 is 4.92 Å². The Balaban J connectivity index is 1.56. The molecule has 0 bridgehead atoms. The minimum atomic E-state index is -0.431. The summed E-state index contributed by atoms with van der Waals surface area (Å²) in [4.78, 5) is 30.0. The maximum Gasteiger partial charge on any atom is 0.271 e. The van der Waals surface area contributed by atoms with Crippen molar-refractivity contribution in [3.63, 3.8) is 0 Å². The Bertz CT molecular complexity index is 958. The molecule has 25 heavy (non-hydrogen) atoms. The molecular weight excluding hydrogens is 320 g/mol. The predicted octanol–water partition coefficient (Wildman–Crippen LogP) is 3.88. The lowest BCUT2D eigenvalue weighted by Crippen LogP contribution is -2.27. The van der Waals surface area contributed by atoms with Crippen LogP contribution in [-0.4, -0.2) is 20.8 Å². The number of hydrogen-bond acceptors (Lipinski definition) is 4. The standard InChI is InChI=1S/C18H16N4O3/c23-18(12-2-1-3-12)19-13-6-4-11(5-7-13)17-20-15-9-8-14(22(24)25)10-16(15)21-17/h4-10,12H,1-3H2,(H,19,23)(H,20,21). The van der Waals surface area contributed by atoms with Gasteiger partial charge in [0.15, 0.2) is 0 Å². The average molecular weight is 336 g/mol. The Morgan fingerprint density at radius 1 is 1.20 bits per heavy atom. The molecule has 7 heteroatoms. The molecule has 0 atom stereocenters. The van der Waals surface area contributed by atoms with Gasteiger partial charge in [0.05, 0.1) is 16.0 Å². The average Bonchev–Trinajstić information content (AvgIpc) is 2.96. The quantitative estimate of drug-likeness (QED) is 0.557. The van der Waals surface area contributed by atoms with E-state index in [1.54, 1.807) is 6.07 Å². The molecule has 2 aromatic carbocycles. The Morgan fingerprint density at radius 3 is 2.60 bits per heavy atom. The second kappa shape index (κ2) is 6.01. The van der Waals surface area contributed by atoms with Gasteiger partial charge < -0.3 is 10.3 Å². The molecule has 1 fully saturated rings. The molecule has 1 aliphatic carbocycles. The lowest BCUT2D eigenvalue weighted by molar-refractivity contribution is -0.384. The van der Waals surface area contributed by atoms with Crippen LogP contribution in [0.5, 0.6) is 0 Å². The third-order valence-electron chi connectivity index (χ3n) is 4.58. The number of nitro groups is 1. The van der Waals surface area contributed by atoms with Crippen molar-refractivity contribution in [2.75, 3.05) is 5.32 Å². The second-order valence-corrected chi connectivity index (χ2v) is 6.24. The Labute approximate surface area is 143 Å². The van der Waals surface area contributed by atoms with Gasteiger partial charge in [-0.05, 0) is 43.2 Å². The number of fused-ring (bicyclic) bond motifs is 1. The van der Waals surface area contributed by atoms with Crippen LogP contribution in [0.4, 0.5) is 11.4 Å². The van der Waals surface area contributed by atoms with E-state index in [0.29, 0.717) is 16.9 Å². The summed E-state index contributed by atoms with van der Waals surface area (Å²) in [7, 11) is 0. The minimum absolute atomic E-state index is 0.0248. The smallest absolute Gasteiger partial charge is 0.271 e. The van der Waals surface area contributed by atoms with Gasteiger partial charge in [0.1, 0.15) is 5.82 Å². The van der Waals surface area contributed by atoms with Crippen molar-refractivity contribution in [2.24, 2.45) is 5.92 Å². The zero-order valence-corrected chi connectivity index (χ0v) is 13.4. The molecule has 7 nitrogen and oxygen atoms in total. The van der Waals surface area contributed by atoms with Gasteiger partial charge in [-0.3, -0.25) is 14.9 Å². The second-order valence-electron chi connectivity index (χ2n) is 6.24. The highest BCUT2D eigenvalue weighted by Gasteiger charge is 2.25. The van der Waals surface area contributed by atoms with E-state index in [9.17, 15) is 14.9 Å². The summed E-state index contributed by atoms with van der Waals surface area (Å²) in [5.41, 5.74) is 2.92. The third kappa shape index (κ3) is 2.96. The normalized spacial score (nSPS) is 14.2. The molecule has 1 aromatic heterocycles. The molecule has 1 heterocycles. The molecule has 126 valence electrons. The first-order valence-electron chi connectivity index (χ1n) is 8.15. The maximum atomic E-state index is 12.0. The van der Waals surface area contributed by atoms with Gasteiger partial charge >= 0.3 is 0 Å². The number of rotatable bonds is 4. The number of aromatic nitrogens is 2. The zero-order valence-electron chi connectivity index (χ0n) is 13.4. The van der Waals surface area contributed by atoms with Crippen LogP contribution in [0.2, 0.25) is 0 Å². The van der Waals surface area contributed by atoms with Gasteiger partial charge in [-0.25, -0.2) is 4.98 Å². The van der Waals surface area contributed by atoms with Crippen LogP contribution in [0.3, 0.4) is 0 Å². The molecule has 3 aromatic rings. The Kier molecular flexibility index (Phi) is 3.68. The van der Waals surface area contributed by atoms with Crippen LogP contribution in [-0.2, 0) is 4.79 Å². The lowest BCUT2D eigenvalue weighted by atomic mass is 9.85. The number of carbonyl (C=O) groups is 1. The number of non-ortho nitro benzene ring substituents is 1. The fraction of sp³-hybridized carbons (Fsp3) is 0.222. The summed E-state index contributed by atoms with van der Waals surface area (Å²) < 4.78 is 0. The molecule has 1 aliphatic rings. The molecule has 1 saturated carbocycles. The van der Waals surface area contributed by atoms with Crippen LogP contribution in [0.25, 0.3) is 22.4 Å². The topological polar surface area (TPSA) is 101 Å². The summed E-state index contributed by atoms with van der Waals surface area (Å²) in [5, 5.41) is 13.8. The van der Waals surface area contributed by atoms with Crippen LogP contribution in [0.1, 0.15) is 19.3 Å². The number of benzene rings is 2. The van der Waals surface area contributed by atoms with Gasteiger partial charge in [-0.2, -0.15) is 0 Å². The highest BCUT2D eigenvalue weighted by atomic mass is 16.6. The van der Waals surface area contributed by atoms with Crippen molar-refractivity contribution in [2.45, 2.75) is 19.3 Å². The summed E-state index contributed by atoms with van der Waals surface area (Å²) in [5.74, 6) is 0.855. The summed E-state index contributed by atoms with van der Waals surface area (Å²) in [6, 6.07) is 11.9. The number of anilines is 1. The minimum Gasteiger partial charge on any atom is -0.338 e. The molecule has 4 rings (SSSR count). The summed E-state index contributed by atoms with van der Waals surface area (Å²) >= 11 is 0. The summed E-state index contributed by atoms with van der Waals surface area (Å²) in [6.07, 6.45) is 3.06. The Hall–Kier alpha value is -3.22. The van der Waals surface area contributed by atoms with Crippen LogP contribution in [0, 0.1) is 16.0 Å². The van der Waals surface area contributed by atoms with Crippen molar-refractivity contribution in [1.29, 1.82) is 0 Å². The van der Waals surface area contributed by atoms with Crippen LogP contribution < -0.4 is 5.32 Å². The molecule has 1 amide bonds. The van der Waals surface area contributed by atoms with E-state index in [1.165, 1.54) is 12.1 Å². The number of hydrogen-bond donors (Lipinski definition) is 2. The van der Waals surface area contributed by atoms with Crippen molar-refractivity contribution < 1.29 is 9.72 Å². The number of aromatic amines is 1. The van der Waals surface area contributed by atoms with Crippen molar-refractivity contribution in [1.82, 2.24) is 9.97 Å².